The summed E-state index contributed by atoms with van der Waals surface area (Å²) in [7, 11) is 0. The number of halogens is 1. The van der Waals surface area contributed by atoms with Crippen molar-refractivity contribution in [3.63, 3.8) is 0 Å². The van der Waals surface area contributed by atoms with Gasteiger partial charge in [0.15, 0.2) is 5.82 Å². The molecule has 1 saturated carbocycles. The van der Waals surface area contributed by atoms with Crippen LogP contribution in [-0.4, -0.2) is 21.0 Å². The number of benzene rings is 1. The topological polar surface area (TPSA) is 111 Å². The molecular formula is C17H19ClN4O4. The Labute approximate surface area is 155 Å². The first kappa shape index (κ1) is 18.3. The highest BCUT2D eigenvalue weighted by Crippen LogP contribution is 2.35. The molecule has 0 radical (unpaired) electrons. The van der Waals surface area contributed by atoms with Gasteiger partial charge in [-0.25, -0.2) is 0 Å². The summed E-state index contributed by atoms with van der Waals surface area (Å²) in [4.78, 5) is 27.6. The normalized spacial score (nSPS) is 16.7. The second kappa shape index (κ2) is 7.41. The molecule has 0 unspecified atom stereocenters. The van der Waals surface area contributed by atoms with Crippen LogP contribution in [0.15, 0.2) is 22.7 Å². The van der Waals surface area contributed by atoms with Crippen molar-refractivity contribution in [1.82, 2.24) is 15.5 Å². The van der Waals surface area contributed by atoms with Gasteiger partial charge < -0.3 is 9.84 Å². The summed E-state index contributed by atoms with van der Waals surface area (Å²) >= 11 is 5.83. The molecule has 1 aromatic heterocycles. The van der Waals surface area contributed by atoms with Crippen molar-refractivity contribution >= 4 is 23.2 Å². The van der Waals surface area contributed by atoms with Crippen molar-refractivity contribution < 1.29 is 14.2 Å². The van der Waals surface area contributed by atoms with E-state index in [1.54, 1.807) is 6.92 Å². The summed E-state index contributed by atoms with van der Waals surface area (Å²) in [5, 5.41) is 18.1. The second-order valence-corrected chi connectivity index (χ2v) is 6.92. The van der Waals surface area contributed by atoms with E-state index in [1.807, 2.05) is 0 Å². The summed E-state index contributed by atoms with van der Waals surface area (Å²) in [5.41, 5.74) is -0.866. The maximum absolute atomic E-state index is 12.8. The summed E-state index contributed by atoms with van der Waals surface area (Å²) in [6.07, 6.45) is 5.37. The number of aryl methyl sites for hydroxylation is 1. The Morgan fingerprint density at radius 3 is 2.58 bits per heavy atom. The maximum Gasteiger partial charge on any atom is 0.288 e. The molecule has 2 aromatic rings. The van der Waals surface area contributed by atoms with Crippen LogP contribution in [0, 0.1) is 17.0 Å². The first-order valence-electron chi connectivity index (χ1n) is 8.48. The quantitative estimate of drug-likeness (QED) is 0.490. The van der Waals surface area contributed by atoms with Gasteiger partial charge in [0.25, 0.3) is 11.6 Å². The maximum atomic E-state index is 12.8. The molecule has 0 saturated heterocycles. The lowest BCUT2D eigenvalue weighted by Gasteiger charge is -2.30. The molecule has 1 aliphatic rings. The number of hydrogen-bond donors (Lipinski definition) is 1. The molecule has 138 valence electrons. The zero-order chi connectivity index (χ0) is 18.7. The Kier molecular flexibility index (Phi) is 5.22. The molecule has 0 aliphatic heterocycles. The predicted molar refractivity (Wildman–Crippen MR) is 94.0 cm³/mol. The van der Waals surface area contributed by atoms with Crippen LogP contribution in [0.25, 0.3) is 0 Å². The minimum Gasteiger partial charge on any atom is -0.340 e. The number of hydrogen-bond acceptors (Lipinski definition) is 6. The molecule has 1 heterocycles. The van der Waals surface area contributed by atoms with Gasteiger partial charge in [0.2, 0.25) is 5.89 Å². The molecule has 0 bridgehead atoms. The Morgan fingerprint density at radius 1 is 1.31 bits per heavy atom. The summed E-state index contributed by atoms with van der Waals surface area (Å²) in [6.45, 7) is 1.70. The summed E-state index contributed by atoms with van der Waals surface area (Å²) in [6, 6.07) is 4.01. The SMILES string of the molecule is Cc1nc(C2(NC(=O)c3ccc(Cl)c([N+](=O)[O-])c3)CCCCCC2)no1. The molecular weight excluding hydrogens is 360 g/mol. The van der Waals surface area contributed by atoms with Gasteiger partial charge >= 0.3 is 0 Å². The fourth-order valence-corrected chi connectivity index (χ4v) is 3.50. The lowest BCUT2D eigenvalue weighted by Crippen LogP contribution is -2.46. The van der Waals surface area contributed by atoms with Gasteiger partial charge in [0.1, 0.15) is 10.6 Å². The zero-order valence-corrected chi connectivity index (χ0v) is 15.1. The number of nitrogens with zero attached hydrogens (tertiary/aromatic N) is 3. The van der Waals surface area contributed by atoms with Crippen LogP contribution in [0.5, 0.6) is 0 Å². The third-order valence-electron chi connectivity index (χ3n) is 4.67. The van der Waals surface area contributed by atoms with Crippen molar-refractivity contribution in [3.8, 4) is 0 Å². The first-order chi connectivity index (χ1) is 12.4. The number of nitro benzene ring substituents is 1. The second-order valence-electron chi connectivity index (χ2n) is 6.51. The summed E-state index contributed by atoms with van der Waals surface area (Å²) < 4.78 is 5.12. The molecule has 1 N–H and O–H groups in total. The third kappa shape index (κ3) is 3.70. The van der Waals surface area contributed by atoms with Crippen molar-refractivity contribution in [2.24, 2.45) is 0 Å². The molecule has 1 aromatic carbocycles. The predicted octanol–water partition coefficient (Wildman–Crippen LogP) is 3.92. The minimum atomic E-state index is -0.736. The molecule has 0 atom stereocenters. The molecule has 1 amide bonds. The van der Waals surface area contributed by atoms with Crippen molar-refractivity contribution in [2.75, 3.05) is 0 Å². The van der Waals surface area contributed by atoms with Crippen molar-refractivity contribution in [2.45, 2.75) is 51.0 Å². The van der Waals surface area contributed by atoms with Crippen LogP contribution >= 0.6 is 11.6 Å². The van der Waals surface area contributed by atoms with E-state index >= 15 is 0 Å². The number of nitro groups is 1. The Morgan fingerprint density at radius 2 is 2.00 bits per heavy atom. The standard InChI is InChI=1S/C17H19ClN4O4/c1-11-19-16(21-26-11)17(8-4-2-3-5-9-17)20-15(23)12-6-7-13(18)14(10-12)22(24)25/h6-7,10H,2-5,8-9H2,1H3,(H,20,23). The fourth-order valence-electron chi connectivity index (χ4n) is 3.31. The Bertz CT molecular complexity index is 828. The van der Waals surface area contributed by atoms with Crippen molar-refractivity contribution in [1.29, 1.82) is 0 Å². The molecule has 3 rings (SSSR count). The van der Waals surface area contributed by atoms with E-state index in [4.69, 9.17) is 16.1 Å². The largest absolute Gasteiger partial charge is 0.340 e. The van der Waals surface area contributed by atoms with Gasteiger partial charge in [-0.05, 0) is 25.0 Å². The van der Waals surface area contributed by atoms with Crippen LogP contribution < -0.4 is 5.32 Å². The van der Waals surface area contributed by atoms with Gasteiger partial charge in [-0.15, -0.1) is 0 Å². The Balaban J connectivity index is 1.93. The van der Waals surface area contributed by atoms with E-state index < -0.39 is 16.4 Å². The number of amides is 1. The highest BCUT2D eigenvalue weighted by atomic mass is 35.5. The van der Waals surface area contributed by atoms with Crippen LogP contribution in [0.1, 0.15) is 60.6 Å². The lowest BCUT2D eigenvalue weighted by atomic mass is 9.88. The third-order valence-corrected chi connectivity index (χ3v) is 4.99. The monoisotopic (exact) mass is 378 g/mol. The molecule has 1 fully saturated rings. The highest BCUT2D eigenvalue weighted by molar-refractivity contribution is 6.32. The van der Waals surface area contributed by atoms with E-state index in [0.29, 0.717) is 24.6 Å². The van der Waals surface area contributed by atoms with Gasteiger partial charge in [0.05, 0.1) is 4.92 Å². The average Bonchev–Trinajstić information content (AvgIpc) is 2.91. The van der Waals surface area contributed by atoms with E-state index in [1.165, 1.54) is 18.2 Å². The number of carbonyl (C=O) groups excluding carboxylic acids is 1. The minimum absolute atomic E-state index is 0.00970. The summed E-state index contributed by atoms with van der Waals surface area (Å²) in [5.74, 6) is 0.461. The number of nitrogens with one attached hydrogen (secondary N) is 1. The molecule has 26 heavy (non-hydrogen) atoms. The van der Waals surface area contributed by atoms with Crippen molar-refractivity contribution in [3.05, 3.63) is 50.6 Å². The smallest absolute Gasteiger partial charge is 0.288 e. The van der Waals surface area contributed by atoms with Gasteiger partial charge in [-0.2, -0.15) is 4.98 Å². The van der Waals surface area contributed by atoms with Gasteiger partial charge in [0, 0.05) is 18.6 Å². The Hall–Kier alpha value is -2.48. The molecule has 9 heteroatoms. The number of aromatic nitrogens is 2. The average molecular weight is 379 g/mol. The number of carbonyl (C=O) groups is 1. The van der Waals surface area contributed by atoms with Gasteiger partial charge in [-0.3, -0.25) is 14.9 Å². The van der Waals surface area contributed by atoms with E-state index in [2.05, 4.69) is 15.5 Å². The van der Waals surface area contributed by atoms with Crippen LogP contribution in [0.3, 0.4) is 0 Å². The molecule has 0 spiro atoms. The van der Waals surface area contributed by atoms with Gasteiger partial charge in [-0.1, -0.05) is 42.4 Å². The number of rotatable bonds is 4. The molecule has 1 aliphatic carbocycles. The van der Waals surface area contributed by atoms with Crippen LogP contribution in [0.4, 0.5) is 5.69 Å². The highest BCUT2D eigenvalue weighted by Gasteiger charge is 2.39. The zero-order valence-electron chi connectivity index (χ0n) is 14.3. The fraction of sp³-hybridized carbons (Fsp3) is 0.471. The first-order valence-corrected chi connectivity index (χ1v) is 8.86. The van der Waals surface area contributed by atoms with E-state index in [9.17, 15) is 14.9 Å². The molecule has 8 nitrogen and oxygen atoms in total. The lowest BCUT2D eigenvalue weighted by molar-refractivity contribution is -0.384. The van der Waals surface area contributed by atoms with Crippen LogP contribution in [-0.2, 0) is 5.54 Å². The van der Waals surface area contributed by atoms with Crippen LogP contribution in [0.2, 0.25) is 5.02 Å². The van der Waals surface area contributed by atoms with E-state index in [-0.39, 0.29) is 16.3 Å². The van der Waals surface area contributed by atoms with E-state index in [0.717, 1.165) is 25.7 Å².